The minimum atomic E-state index is 0.163. The molecule has 2 aromatic carbocycles. The van der Waals surface area contributed by atoms with Crippen molar-refractivity contribution in [3.05, 3.63) is 90.1 Å². The second kappa shape index (κ2) is 8.16. The smallest absolute Gasteiger partial charge is 0.241 e. The van der Waals surface area contributed by atoms with Gasteiger partial charge in [0, 0.05) is 30.5 Å². The Bertz CT molecular complexity index is 1100. The molecule has 2 aromatic heterocycles. The summed E-state index contributed by atoms with van der Waals surface area (Å²) in [6.07, 6.45) is 2.15. The van der Waals surface area contributed by atoms with Crippen LogP contribution in [0.4, 0.5) is 0 Å². The molecule has 0 N–H and O–H groups in total. The van der Waals surface area contributed by atoms with Crippen molar-refractivity contribution in [1.29, 1.82) is 0 Å². The van der Waals surface area contributed by atoms with Crippen LogP contribution in [0.25, 0.3) is 11.4 Å². The van der Waals surface area contributed by atoms with Crippen molar-refractivity contribution in [2.45, 2.75) is 26.1 Å². The second-order valence-corrected chi connectivity index (χ2v) is 7.38. The van der Waals surface area contributed by atoms with Crippen molar-refractivity contribution >= 4 is 0 Å². The molecule has 4 aromatic rings. The monoisotopic (exact) mass is 400 g/mol. The van der Waals surface area contributed by atoms with Crippen molar-refractivity contribution in [2.75, 3.05) is 13.2 Å². The van der Waals surface area contributed by atoms with Crippen LogP contribution in [-0.2, 0) is 13.1 Å². The average molecular weight is 400 g/mol. The molecular formula is C24H24N4O2. The highest BCUT2D eigenvalue weighted by atomic mass is 16.5. The van der Waals surface area contributed by atoms with E-state index >= 15 is 0 Å². The molecule has 0 amide bonds. The topological polar surface area (TPSA) is 56.3 Å². The number of nitrogens with zero attached hydrogens (tertiary/aromatic N) is 4. The van der Waals surface area contributed by atoms with Crippen LogP contribution in [0.1, 0.15) is 30.1 Å². The third-order valence-corrected chi connectivity index (χ3v) is 5.48. The van der Waals surface area contributed by atoms with E-state index in [1.54, 1.807) is 0 Å². The molecule has 30 heavy (non-hydrogen) atoms. The fraction of sp³-hybridized carbons (Fsp3) is 0.250. The van der Waals surface area contributed by atoms with Crippen molar-refractivity contribution < 1.29 is 9.26 Å². The van der Waals surface area contributed by atoms with Crippen LogP contribution in [0.3, 0.4) is 0 Å². The van der Waals surface area contributed by atoms with Gasteiger partial charge in [0.05, 0.1) is 19.2 Å². The first-order valence-corrected chi connectivity index (χ1v) is 10.3. The lowest BCUT2D eigenvalue weighted by Crippen LogP contribution is -2.38. The number of fused-ring (bicyclic) bond motifs is 1. The summed E-state index contributed by atoms with van der Waals surface area (Å²) in [7, 11) is 0. The lowest BCUT2D eigenvalue weighted by molar-refractivity contribution is 0.154. The van der Waals surface area contributed by atoms with Crippen LogP contribution in [0.5, 0.6) is 5.75 Å². The fourth-order valence-electron chi connectivity index (χ4n) is 4.10. The summed E-state index contributed by atoms with van der Waals surface area (Å²) in [5.74, 6) is 2.07. The molecule has 0 aliphatic carbocycles. The molecular weight excluding hydrogens is 376 g/mol. The number of hydrogen-bond donors (Lipinski definition) is 0. The zero-order valence-electron chi connectivity index (χ0n) is 16.9. The minimum absolute atomic E-state index is 0.163. The Morgan fingerprint density at radius 2 is 1.83 bits per heavy atom. The molecule has 5 rings (SSSR count). The van der Waals surface area contributed by atoms with Crippen LogP contribution in [0.2, 0.25) is 0 Å². The first-order valence-electron chi connectivity index (χ1n) is 10.3. The van der Waals surface area contributed by atoms with Crippen molar-refractivity contribution in [1.82, 2.24) is 19.6 Å². The number of rotatable bonds is 6. The van der Waals surface area contributed by atoms with Gasteiger partial charge in [-0.1, -0.05) is 35.5 Å². The van der Waals surface area contributed by atoms with Gasteiger partial charge in [-0.05, 0) is 48.9 Å². The zero-order valence-corrected chi connectivity index (χ0v) is 16.9. The van der Waals surface area contributed by atoms with Crippen LogP contribution in [-0.4, -0.2) is 32.8 Å². The summed E-state index contributed by atoms with van der Waals surface area (Å²) >= 11 is 0. The Balaban J connectivity index is 1.39. The Hall–Kier alpha value is -3.38. The van der Waals surface area contributed by atoms with Gasteiger partial charge in [0.1, 0.15) is 5.75 Å². The molecule has 152 valence electrons. The van der Waals surface area contributed by atoms with Crippen LogP contribution < -0.4 is 4.74 Å². The summed E-state index contributed by atoms with van der Waals surface area (Å²) in [5.41, 5.74) is 3.47. The average Bonchev–Trinajstić information content (AvgIpc) is 3.45. The molecule has 0 radical (unpaired) electrons. The van der Waals surface area contributed by atoms with Crippen LogP contribution in [0.15, 0.2) is 77.4 Å². The van der Waals surface area contributed by atoms with E-state index < -0.39 is 0 Å². The van der Waals surface area contributed by atoms with Gasteiger partial charge in [0.25, 0.3) is 0 Å². The summed E-state index contributed by atoms with van der Waals surface area (Å²) in [6.45, 7) is 5.09. The molecule has 0 bridgehead atoms. The van der Waals surface area contributed by atoms with E-state index in [0.717, 1.165) is 24.4 Å². The molecule has 6 heteroatoms. The molecule has 0 saturated heterocycles. The van der Waals surface area contributed by atoms with E-state index in [1.807, 2.05) is 31.2 Å². The summed E-state index contributed by atoms with van der Waals surface area (Å²) in [5, 5.41) is 4.20. The van der Waals surface area contributed by atoms with Crippen molar-refractivity contribution in [3.63, 3.8) is 0 Å². The lowest BCUT2D eigenvalue weighted by Gasteiger charge is -2.36. The summed E-state index contributed by atoms with van der Waals surface area (Å²) < 4.78 is 13.4. The van der Waals surface area contributed by atoms with E-state index in [1.165, 1.54) is 11.3 Å². The summed E-state index contributed by atoms with van der Waals surface area (Å²) in [4.78, 5) is 7.06. The maximum Gasteiger partial charge on any atom is 0.241 e. The highest BCUT2D eigenvalue weighted by Crippen LogP contribution is 2.33. The van der Waals surface area contributed by atoms with Crippen LogP contribution >= 0.6 is 0 Å². The molecule has 6 nitrogen and oxygen atoms in total. The van der Waals surface area contributed by atoms with Gasteiger partial charge in [-0.15, -0.1) is 0 Å². The number of hydrogen-bond acceptors (Lipinski definition) is 5. The highest BCUT2D eigenvalue weighted by molar-refractivity contribution is 5.55. The predicted molar refractivity (Wildman–Crippen MR) is 114 cm³/mol. The van der Waals surface area contributed by atoms with Crippen molar-refractivity contribution in [2.24, 2.45) is 0 Å². The molecule has 1 aliphatic rings. The number of benzene rings is 2. The van der Waals surface area contributed by atoms with Gasteiger partial charge in [-0.2, -0.15) is 4.98 Å². The molecule has 0 fully saturated rings. The van der Waals surface area contributed by atoms with E-state index in [9.17, 15) is 0 Å². The Labute approximate surface area is 175 Å². The largest absolute Gasteiger partial charge is 0.494 e. The van der Waals surface area contributed by atoms with E-state index in [2.05, 4.69) is 68.3 Å². The molecule has 1 unspecified atom stereocenters. The van der Waals surface area contributed by atoms with Gasteiger partial charge >= 0.3 is 0 Å². The van der Waals surface area contributed by atoms with Gasteiger partial charge in [-0.3, -0.25) is 4.90 Å². The minimum Gasteiger partial charge on any atom is -0.494 e. The maximum atomic E-state index is 5.61. The standard InChI is InChI=1S/C24H24N4O2/c1-2-29-20-12-10-19(11-13-20)24-25-22(30-26-24)17-28-16-15-27-14-6-9-21(27)23(28)18-7-4-3-5-8-18/h3-14,23H,2,15-17H2,1H3. The SMILES string of the molecule is CCOc1ccc(-c2noc(CN3CCn4cccc4C3c3ccccc3)n2)cc1. The third-order valence-electron chi connectivity index (χ3n) is 5.48. The summed E-state index contributed by atoms with van der Waals surface area (Å²) in [6, 6.07) is 22.8. The molecule has 1 atom stereocenters. The zero-order chi connectivity index (χ0) is 20.3. The van der Waals surface area contributed by atoms with Crippen molar-refractivity contribution in [3.8, 4) is 17.1 Å². The van der Waals surface area contributed by atoms with Gasteiger partial charge in [0.15, 0.2) is 0 Å². The number of aromatic nitrogens is 3. The quantitative estimate of drug-likeness (QED) is 0.476. The number of ether oxygens (including phenoxy) is 1. The van der Waals surface area contributed by atoms with E-state index in [4.69, 9.17) is 9.26 Å². The Morgan fingerprint density at radius 1 is 1.00 bits per heavy atom. The van der Waals surface area contributed by atoms with E-state index in [-0.39, 0.29) is 6.04 Å². The van der Waals surface area contributed by atoms with E-state index in [0.29, 0.717) is 24.9 Å². The third kappa shape index (κ3) is 3.62. The first kappa shape index (κ1) is 18.6. The van der Waals surface area contributed by atoms with Gasteiger partial charge in [0.2, 0.25) is 11.7 Å². The molecule has 3 heterocycles. The fourth-order valence-corrected chi connectivity index (χ4v) is 4.10. The molecule has 1 aliphatic heterocycles. The Morgan fingerprint density at radius 3 is 2.63 bits per heavy atom. The predicted octanol–water partition coefficient (Wildman–Crippen LogP) is 4.54. The van der Waals surface area contributed by atoms with Gasteiger partial charge in [-0.25, -0.2) is 0 Å². The lowest BCUT2D eigenvalue weighted by atomic mass is 10.00. The van der Waals surface area contributed by atoms with Crippen LogP contribution in [0, 0.1) is 0 Å². The first-order chi connectivity index (χ1) is 14.8. The maximum absolute atomic E-state index is 5.61. The second-order valence-electron chi connectivity index (χ2n) is 7.38. The molecule has 0 saturated carbocycles. The molecule has 0 spiro atoms. The van der Waals surface area contributed by atoms with Gasteiger partial charge < -0.3 is 13.8 Å². The normalized spacial score (nSPS) is 16.4. The highest BCUT2D eigenvalue weighted by Gasteiger charge is 2.30. The Kier molecular flexibility index (Phi) is 5.07.